The van der Waals surface area contributed by atoms with Crippen LogP contribution in [0.3, 0.4) is 0 Å². The fourth-order valence-electron chi connectivity index (χ4n) is 2.03. The quantitative estimate of drug-likeness (QED) is 0.770. The number of hydrogen-bond donors (Lipinski definition) is 0. The molecule has 98 valence electrons. The van der Waals surface area contributed by atoms with E-state index in [2.05, 4.69) is 0 Å². The summed E-state index contributed by atoms with van der Waals surface area (Å²) in [4.78, 5) is 11.7. The summed E-state index contributed by atoms with van der Waals surface area (Å²) in [5, 5.41) is 0. The number of aryl methyl sites for hydroxylation is 1. The van der Waals surface area contributed by atoms with Crippen molar-refractivity contribution in [1.82, 2.24) is 0 Å². The SMILES string of the molecule is CCC(=O)OC(c1ccccc1)c1ccccc1C. The molecule has 2 aromatic rings. The first-order valence-corrected chi connectivity index (χ1v) is 6.52. The Hall–Kier alpha value is -2.09. The van der Waals surface area contributed by atoms with E-state index in [0.717, 1.165) is 16.7 Å². The Morgan fingerprint density at radius 2 is 1.68 bits per heavy atom. The van der Waals surface area contributed by atoms with Gasteiger partial charge in [-0.05, 0) is 23.6 Å². The van der Waals surface area contributed by atoms with Crippen LogP contribution in [0.25, 0.3) is 0 Å². The third-order valence-electron chi connectivity index (χ3n) is 3.11. The van der Waals surface area contributed by atoms with Crippen LogP contribution in [-0.4, -0.2) is 5.97 Å². The Kier molecular flexibility index (Phi) is 4.35. The first kappa shape index (κ1) is 13.3. The molecule has 1 unspecified atom stereocenters. The average molecular weight is 254 g/mol. The van der Waals surface area contributed by atoms with Gasteiger partial charge in [0.05, 0.1) is 0 Å². The molecular formula is C17H18O2. The van der Waals surface area contributed by atoms with Gasteiger partial charge in [-0.3, -0.25) is 4.79 Å². The van der Waals surface area contributed by atoms with Crippen molar-refractivity contribution in [2.45, 2.75) is 26.4 Å². The van der Waals surface area contributed by atoms with Gasteiger partial charge in [0.2, 0.25) is 0 Å². The minimum absolute atomic E-state index is 0.183. The Morgan fingerprint density at radius 3 is 2.32 bits per heavy atom. The van der Waals surface area contributed by atoms with Crippen LogP contribution in [0.2, 0.25) is 0 Å². The molecule has 0 saturated heterocycles. The van der Waals surface area contributed by atoms with E-state index in [9.17, 15) is 4.79 Å². The second kappa shape index (κ2) is 6.19. The fraction of sp³-hybridized carbons (Fsp3) is 0.235. The van der Waals surface area contributed by atoms with Crippen molar-refractivity contribution in [2.24, 2.45) is 0 Å². The van der Waals surface area contributed by atoms with Crippen LogP contribution in [0, 0.1) is 6.92 Å². The predicted octanol–water partition coefficient (Wildman–Crippen LogP) is 4.04. The highest BCUT2D eigenvalue weighted by Crippen LogP contribution is 2.28. The molecule has 0 aliphatic carbocycles. The number of ether oxygens (including phenoxy) is 1. The third kappa shape index (κ3) is 3.22. The molecule has 0 bridgehead atoms. The lowest BCUT2D eigenvalue weighted by Gasteiger charge is -2.20. The summed E-state index contributed by atoms with van der Waals surface area (Å²) < 4.78 is 5.61. The van der Waals surface area contributed by atoms with Gasteiger partial charge in [-0.1, -0.05) is 61.5 Å². The predicted molar refractivity (Wildman–Crippen MR) is 75.8 cm³/mol. The van der Waals surface area contributed by atoms with E-state index in [1.54, 1.807) is 0 Å². The van der Waals surface area contributed by atoms with Crippen LogP contribution in [0.4, 0.5) is 0 Å². The fourth-order valence-corrected chi connectivity index (χ4v) is 2.03. The maximum absolute atomic E-state index is 11.7. The largest absolute Gasteiger partial charge is 0.453 e. The lowest BCUT2D eigenvalue weighted by atomic mass is 9.97. The zero-order valence-corrected chi connectivity index (χ0v) is 11.3. The molecule has 0 aliphatic heterocycles. The maximum atomic E-state index is 11.7. The highest BCUT2D eigenvalue weighted by atomic mass is 16.5. The van der Waals surface area contributed by atoms with Gasteiger partial charge >= 0.3 is 5.97 Å². The van der Waals surface area contributed by atoms with Gasteiger partial charge in [0.25, 0.3) is 0 Å². The zero-order valence-electron chi connectivity index (χ0n) is 11.3. The van der Waals surface area contributed by atoms with Gasteiger partial charge in [-0.25, -0.2) is 0 Å². The standard InChI is InChI=1S/C17H18O2/c1-3-16(18)19-17(14-10-5-4-6-11-14)15-12-8-7-9-13(15)2/h4-12,17H,3H2,1-2H3. The van der Waals surface area contributed by atoms with Crippen LogP contribution in [0.5, 0.6) is 0 Å². The average Bonchev–Trinajstić information content (AvgIpc) is 2.46. The molecule has 2 rings (SSSR count). The van der Waals surface area contributed by atoms with E-state index in [0.29, 0.717) is 6.42 Å². The molecule has 0 saturated carbocycles. The molecule has 0 spiro atoms. The molecule has 0 radical (unpaired) electrons. The van der Waals surface area contributed by atoms with Gasteiger partial charge in [0.15, 0.2) is 6.10 Å². The number of rotatable bonds is 4. The Morgan fingerprint density at radius 1 is 1.05 bits per heavy atom. The van der Waals surface area contributed by atoms with Crippen molar-refractivity contribution in [3.05, 3.63) is 71.3 Å². The van der Waals surface area contributed by atoms with Crippen LogP contribution < -0.4 is 0 Å². The summed E-state index contributed by atoms with van der Waals surface area (Å²) in [7, 11) is 0. The molecule has 2 nitrogen and oxygen atoms in total. The van der Waals surface area contributed by atoms with Crippen molar-refractivity contribution < 1.29 is 9.53 Å². The molecular weight excluding hydrogens is 236 g/mol. The van der Waals surface area contributed by atoms with Gasteiger partial charge in [-0.15, -0.1) is 0 Å². The van der Waals surface area contributed by atoms with Gasteiger partial charge < -0.3 is 4.74 Å². The summed E-state index contributed by atoms with van der Waals surface area (Å²) in [5.74, 6) is -0.183. The van der Waals surface area contributed by atoms with Gasteiger partial charge in [-0.2, -0.15) is 0 Å². The summed E-state index contributed by atoms with van der Waals surface area (Å²) in [6.45, 7) is 3.84. The molecule has 19 heavy (non-hydrogen) atoms. The smallest absolute Gasteiger partial charge is 0.306 e. The lowest BCUT2D eigenvalue weighted by Crippen LogP contribution is -2.12. The second-order valence-corrected chi connectivity index (χ2v) is 4.49. The first-order valence-electron chi connectivity index (χ1n) is 6.52. The zero-order chi connectivity index (χ0) is 13.7. The summed E-state index contributed by atoms with van der Waals surface area (Å²) in [5.41, 5.74) is 3.16. The summed E-state index contributed by atoms with van der Waals surface area (Å²) in [6.07, 6.45) is 0.0599. The normalized spacial score (nSPS) is 11.9. The molecule has 1 atom stereocenters. The van der Waals surface area contributed by atoms with Crippen LogP contribution in [0.15, 0.2) is 54.6 Å². The molecule has 0 fully saturated rings. The summed E-state index contributed by atoms with van der Waals surface area (Å²) in [6, 6.07) is 17.8. The highest BCUT2D eigenvalue weighted by molar-refractivity contribution is 5.69. The monoisotopic (exact) mass is 254 g/mol. The second-order valence-electron chi connectivity index (χ2n) is 4.49. The van der Waals surface area contributed by atoms with Crippen molar-refractivity contribution in [3.63, 3.8) is 0 Å². The Bertz CT molecular complexity index is 546. The summed E-state index contributed by atoms with van der Waals surface area (Å²) >= 11 is 0. The van der Waals surface area contributed by atoms with E-state index in [4.69, 9.17) is 4.74 Å². The van der Waals surface area contributed by atoms with Crippen molar-refractivity contribution in [2.75, 3.05) is 0 Å². The number of carbonyl (C=O) groups is 1. The number of carbonyl (C=O) groups excluding carboxylic acids is 1. The molecule has 2 heteroatoms. The van der Waals surface area contributed by atoms with E-state index in [1.165, 1.54) is 0 Å². The van der Waals surface area contributed by atoms with Gasteiger partial charge in [0.1, 0.15) is 0 Å². The van der Waals surface area contributed by atoms with Crippen LogP contribution in [-0.2, 0) is 9.53 Å². The molecule has 0 N–H and O–H groups in total. The van der Waals surface area contributed by atoms with Crippen molar-refractivity contribution >= 4 is 5.97 Å². The van der Waals surface area contributed by atoms with Crippen LogP contribution in [0.1, 0.15) is 36.1 Å². The van der Waals surface area contributed by atoms with E-state index < -0.39 is 0 Å². The van der Waals surface area contributed by atoms with Crippen molar-refractivity contribution in [3.8, 4) is 0 Å². The minimum atomic E-state index is -0.324. The van der Waals surface area contributed by atoms with E-state index in [1.807, 2.05) is 68.4 Å². The van der Waals surface area contributed by atoms with E-state index >= 15 is 0 Å². The Balaban J connectivity index is 2.40. The van der Waals surface area contributed by atoms with Crippen molar-refractivity contribution in [1.29, 1.82) is 0 Å². The van der Waals surface area contributed by atoms with Crippen LogP contribution >= 0.6 is 0 Å². The molecule has 0 aromatic heterocycles. The number of esters is 1. The Labute approximate surface area is 114 Å². The minimum Gasteiger partial charge on any atom is -0.453 e. The third-order valence-corrected chi connectivity index (χ3v) is 3.11. The first-order chi connectivity index (χ1) is 9.22. The lowest BCUT2D eigenvalue weighted by molar-refractivity contribution is -0.147. The number of hydrogen-bond acceptors (Lipinski definition) is 2. The maximum Gasteiger partial charge on any atom is 0.306 e. The molecule has 0 aliphatic rings. The highest BCUT2D eigenvalue weighted by Gasteiger charge is 2.19. The number of benzene rings is 2. The molecule has 2 aromatic carbocycles. The van der Waals surface area contributed by atoms with E-state index in [-0.39, 0.29) is 12.1 Å². The van der Waals surface area contributed by atoms with Gasteiger partial charge in [0, 0.05) is 6.42 Å². The molecule has 0 amide bonds. The molecule has 0 heterocycles. The topological polar surface area (TPSA) is 26.3 Å².